The van der Waals surface area contributed by atoms with Gasteiger partial charge < -0.3 is 10.5 Å². The van der Waals surface area contributed by atoms with Crippen molar-refractivity contribution in [2.24, 2.45) is 0 Å². The molecule has 0 saturated carbocycles. The van der Waals surface area contributed by atoms with E-state index in [0.29, 0.717) is 0 Å². The summed E-state index contributed by atoms with van der Waals surface area (Å²) in [5, 5.41) is 5.45. The average molecular weight is 208 g/mol. The van der Waals surface area contributed by atoms with Crippen molar-refractivity contribution in [1.82, 2.24) is 5.23 Å². The van der Waals surface area contributed by atoms with Crippen LogP contribution in [0.3, 0.4) is 0 Å². The maximum Gasteiger partial charge on any atom is 0.306 e. The molecule has 74 valence electrons. The van der Waals surface area contributed by atoms with Crippen LogP contribution in [-0.2, 0) is 5.41 Å². The number of hydrogen-bond donors (Lipinski definition) is 2. The van der Waals surface area contributed by atoms with E-state index in [1.54, 1.807) is 11.3 Å². The van der Waals surface area contributed by atoms with Crippen LogP contribution in [0.2, 0.25) is 0 Å². The minimum atomic E-state index is -0.396. The molecule has 0 saturated heterocycles. The molecule has 1 aromatic rings. The van der Waals surface area contributed by atoms with Crippen molar-refractivity contribution in [2.75, 3.05) is 5.32 Å². The van der Waals surface area contributed by atoms with Gasteiger partial charge in [0.15, 0.2) is 0 Å². The van der Waals surface area contributed by atoms with Crippen LogP contribution < -0.4 is 10.5 Å². The first-order chi connectivity index (χ1) is 6.43. The van der Waals surface area contributed by atoms with Crippen LogP contribution >= 0.6 is 11.3 Å². The van der Waals surface area contributed by atoms with Gasteiger partial charge in [-0.2, -0.15) is 0 Å². The van der Waals surface area contributed by atoms with E-state index in [1.165, 1.54) is 4.88 Å². The minimum absolute atomic E-state index is 0.115. The Morgan fingerprint density at radius 2 is 2.07 bits per heavy atom. The third-order valence-electron chi connectivity index (χ3n) is 1.71. The molecule has 1 heterocycles. The molecule has 2 radical (unpaired) electrons. The molecule has 1 aromatic heterocycles. The highest BCUT2D eigenvalue weighted by molar-refractivity contribution is 7.16. The molecule has 0 fully saturated rings. The summed E-state index contributed by atoms with van der Waals surface area (Å²) in [6.07, 6.45) is 0. The average Bonchev–Trinajstić information content (AvgIpc) is 2.51. The zero-order valence-corrected chi connectivity index (χ0v) is 9.37. The van der Waals surface area contributed by atoms with Gasteiger partial charge in [-0.05, 0) is 17.5 Å². The number of carbonyl (C=O) groups excluding carboxylic acids is 1. The Morgan fingerprint density at radius 3 is 2.50 bits per heavy atom. The predicted octanol–water partition coefficient (Wildman–Crippen LogP) is 2.25. The lowest BCUT2D eigenvalue weighted by molar-refractivity contribution is 0.257. The van der Waals surface area contributed by atoms with Gasteiger partial charge in [-0.3, -0.25) is 0 Å². The van der Waals surface area contributed by atoms with E-state index in [0.717, 1.165) is 5.00 Å². The molecular formula is C9H13BN2OS. The van der Waals surface area contributed by atoms with Crippen LogP contribution in [-0.4, -0.2) is 14.0 Å². The largest absolute Gasteiger partial charge is 0.391 e. The van der Waals surface area contributed by atoms with Gasteiger partial charge in [0.25, 0.3) is 0 Å². The van der Waals surface area contributed by atoms with Gasteiger partial charge in [0, 0.05) is 4.88 Å². The van der Waals surface area contributed by atoms with E-state index < -0.39 is 6.03 Å². The molecule has 1 rings (SSSR count). The Morgan fingerprint density at radius 1 is 1.43 bits per heavy atom. The van der Waals surface area contributed by atoms with E-state index in [9.17, 15) is 4.79 Å². The lowest BCUT2D eigenvalue weighted by Crippen LogP contribution is -2.25. The van der Waals surface area contributed by atoms with Crippen molar-refractivity contribution in [3.8, 4) is 0 Å². The third-order valence-corrected chi connectivity index (χ3v) is 3.14. The van der Waals surface area contributed by atoms with Crippen LogP contribution in [0.15, 0.2) is 12.1 Å². The van der Waals surface area contributed by atoms with E-state index >= 15 is 0 Å². The summed E-state index contributed by atoms with van der Waals surface area (Å²) >= 11 is 1.56. The first kappa shape index (κ1) is 11.1. The lowest BCUT2D eigenvalue weighted by Gasteiger charge is -2.15. The van der Waals surface area contributed by atoms with Crippen molar-refractivity contribution in [3.05, 3.63) is 17.0 Å². The second-order valence-corrected chi connectivity index (χ2v) is 5.10. The number of thiophene rings is 1. The van der Waals surface area contributed by atoms with Crippen LogP contribution in [0.25, 0.3) is 0 Å². The Balaban J connectivity index is 2.74. The maximum absolute atomic E-state index is 10.9. The zero-order valence-electron chi connectivity index (χ0n) is 8.55. The SMILES string of the molecule is [B]NC(=O)Nc1ccc(C(C)(C)C)s1. The summed E-state index contributed by atoms with van der Waals surface area (Å²) in [5.74, 6) is 0. The second-order valence-electron chi connectivity index (χ2n) is 4.01. The molecule has 0 unspecified atom stereocenters. The monoisotopic (exact) mass is 208 g/mol. The van der Waals surface area contributed by atoms with Crippen molar-refractivity contribution < 1.29 is 4.79 Å². The fraction of sp³-hybridized carbons (Fsp3) is 0.444. The number of nitrogens with one attached hydrogen (secondary N) is 2. The quantitative estimate of drug-likeness (QED) is 0.682. The van der Waals surface area contributed by atoms with Crippen molar-refractivity contribution in [1.29, 1.82) is 0 Å². The van der Waals surface area contributed by atoms with E-state index in [-0.39, 0.29) is 5.41 Å². The Bertz CT molecular complexity index is 330. The smallest absolute Gasteiger partial charge is 0.306 e. The highest BCUT2D eigenvalue weighted by atomic mass is 32.1. The molecule has 0 aliphatic rings. The standard InChI is InChI=1S/C9H13BN2OS/c1-9(2,3)6-4-5-7(14-6)11-8(13)12-10/h4-5H,1-3H3,(H2,11,12,13). The molecule has 5 heteroatoms. The maximum atomic E-state index is 10.9. The van der Waals surface area contributed by atoms with Crippen LogP contribution in [0.4, 0.5) is 9.80 Å². The zero-order chi connectivity index (χ0) is 10.8. The number of carbonyl (C=O) groups is 1. The highest BCUT2D eigenvalue weighted by Gasteiger charge is 2.16. The van der Waals surface area contributed by atoms with Crippen LogP contribution in [0.5, 0.6) is 0 Å². The summed E-state index contributed by atoms with van der Waals surface area (Å²) in [4.78, 5) is 12.1. The normalized spacial score (nSPS) is 11.1. The Labute approximate surface area is 89.3 Å². The second kappa shape index (κ2) is 4.04. The number of hydrogen-bond acceptors (Lipinski definition) is 2. The summed E-state index contributed by atoms with van der Waals surface area (Å²) in [7, 11) is 4.96. The minimum Gasteiger partial charge on any atom is -0.391 e. The fourth-order valence-electron chi connectivity index (χ4n) is 0.956. The molecule has 0 aromatic carbocycles. The number of rotatable bonds is 1. The van der Waals surface area contributed by atoms with Crippen molar-refractivity contribution in [2.45, 2.75) is 26.2 Å². The Kier molecular flexibility index (Phi) is 3.21. The molecule has 0 aliphatic carbocycles. The van der Waals surface area contributed by atoms with E-state index in [4.69, 9.17) is 7.98 Å². The number of urea groups is 1. The molecule has 0 spiro atoms. The Hall–Kier alpha value is -0.965. The first-order valence-electron chi connectivity index (χ1n) is 4.31. The lowest BCUT2D eigenvalue weighted by atomic mass is 9.95. The van der Waals surface area contributed by atoms with Gasteiger partial charge in [0.2, 0.25) is 7.98 Å². The fourth-order valence-corrected chi connectivity index (χ4v) is 1.92. The topological polar surface area (TPSA) is 41.1 Å². The first-order valence-corrected chi connectivity index (χ1v) is 5.13. The highest BCUT2D eigenvalue weighted by Crippen LogP contribution is 2.32. The van der Waals surface area contributed by atoms with Crippen molar-refractivity contribution >= 4 is 30.4 Å². The van der Waals surface area contributed by atoms with Gasteiger partial charge in [-0.15, -0.1) is 11.3 Å². The van der Waals surface area contributed by atoms with Gasteiger partial charge in [0.05, 0.1) is 5.00 Å². The van der Waals surface area contributed by atoms with E-state index in [2.05, 4.69) is 26.1 Å². The van der Waals surface area contributed by atoms with Gasteiger partial charge in [-0.25, -0.2) is 4.79 Å². The van der Waals surface area contributed by atoms with Crippen LogP contribution in [0.1, 0.15) is 25.6 Å². The molecule has 2 amide bonds. The summed E-state index contributed by atoms with van der Waals surface area (Å²) in [5.41, 5.74) is 0.115. The number of amides is 2. The van der Waals surface area contributed by atoms with Gasteiger partial charge >= 0.3 is 6.03 Å². The summed E-state index contributed by atoms with van der Waals surface area (Å²) in [6, 6.07) is 3.49. The molecule has 0 atom stereocenters. The molecule has 14 heavy (non-hydrogen) atoms. The third kappa shape index (κ3) is 2.77. The van der Waals surface area contributed by atoms with Gasteiger partial charge in [-0.1, -0.05) is 20.8 Å². The molecule has 0 bridgehead atoms. The van der Waals surface area contributed by atoms with Crippen LogP contribution in [0, 0.1) is 0 Å². The molecule has 3 nitrogen and oxygen atoms in total. The van der Waals surface area contributed by atoms with Gasteiger partial charge in [0.1, 0.15) is 0 Å². The molecule has 0 aliphatic heterocycles. The number of anilines is 1. The summed E-state index contributed by atoms with van der Waals surface area (Å²) < 4.78 is 0. The predicted molar refractivity (Wildman–Crippen MR) is 60.9 cm³/mol. The summed E-state index contributed by atoms with van der Waals surface area (Å²) in [6.45, 7) is 6.39. The molecular weight excluding hydrogens is 195 g/mol. The van der Waals surface area contributed by atoms with Crippen molar-refractivity contribution in [3.63, 3.8) is 0 Å². The van der Waals surface area contributed by atoms with E-state index in [1.807, 2.05) is 17.4 Å². The molecule has 2 N–H and O–H groups in total.